The summed E-state index contributed by atoms with van der Waals surface area (Å²) in [4.78, 5) is 23.1. The molecule has 1 aliphatic rings. The summed E-state index contributed by atoms with van der Waals surface area (Å²) in [5.41, 5.74) is 1.44. The number of benzene rings is 1. The lowest BCUT2D eigenvalue weighted by Gasteiger charge is -2.35. The number of hydrogen-bond donors (Lipinski definition) is 3. The number of piperidine rings is 1. The maximum Gasteiger partial charge on any atom is 0.328 e. The maximum atomic E-state index is 9.55. The lowest BCUT2D eigenvalue weighted by atomic mass is 10.0. The first-order valence-corrected chi connectivity index (χ1v) is 10.4. The highest BCUT2D eigenvalue weighted by atomic mass is 32.2. The molecule has 28 heavy (non-hydrogen) atoms. The van der Waals surface area contributed by atoms with E-state index in [9.17, 15) is 9.59 Å². The molecule has 0 radical (unpaired) electrons. The lowest BCUT2D eigenvalue weighted by Crippen LogP contribution is -2.44. The van der Waals surface area contributed by atoms with Gasteiger partial charge in [-0.15, -0.1) is 11.8 Å². The fraction of sp³-hybridized carbons (Fsp3) is 0.500. The normalized spacial score (nSPS) is 14.7. The lowest BCUT2D eigenvalue weighted by molar-refractivity contribution is -0.134. The largest absolute Gasteiger partial charge is 0.478 e. The van der Waals surface area contributed by atoms with E-state index in [1.54, 1.807) is 7.11 Å². The van der Waals surface area contributed by atoms with Gasteiger partial charge in [0.15, 0.2) is 0 Å². The number of methoxy groups -OCH3 is 1. The number of nitrogens with zero attached hydrogens (tertiary/aromatic N) is 1. The van der Waals surface area contributed by atoms with Gasteiger partial charge in [-0.1, -0.05) is 18.2 Å². The van der Waals surface area contributed by atoms with E-state index in [2.05, 4.69) is 40.7 Å². The third-order valence-corrected chi connectivity index (χ3v) is 5.18. The summed E-state index contributed by atoms with van der Waals surface area (Å²) in [5.74, 6) is -2.51. The second-order valence-corrected chi connectivity index (χ2v) is 7.11. The Morgan fingerprint density at radius 2 is 1.82 bits per heavy atom. The van der Waals surface area contributed by atoms with Crippen LogP contribution in [0.4, 0.5) is 0 Å². The Balaban J connectivity index is 0.000000416. The first-order valence-electron chi connectivity index (χ1n) is 9.17. The standard InChI is InChI=1S/C16H26N2OS.C4H4O4/c1-19-12-11-18(15-7-9-17-10-8-15)13-14-5-3-4-6-16(14)20-2;5-3(6)1-2-4(7)8/h3-6,15,17H,7-13H2,1-2H3;1-2H,(H,5,6)(H,7,8)/b;2-1+. The number of thioether (sulfide) groups is 1. The summed E-state index contributed by atoms with van der Waals surface area (Å²) >= 11 is 1.84. The number of hydrogen-bond acceptors (Lipinski definition) is 6. The van der Waals surface area contributed by atoms with Gasteiger partial charge < -0.3 is 20.3 Å². The van der Waals surface area contributed by atoms with Gasteiger partial charge in [0.1, 0.15) is 0 Å². The third kappa shape index (κ3) is 9.89. The van der Waals surface area contributed by atoms with Crippen molar-refractivity contribution in [1.29, 1.82) is 0 Å². The number of carboxylic acid groups (broad SMARTS) is 2. The third-order valence-electron chi connectivity index (χ3n) is 4.34. The second-order valence-electron chi connectivity index (χ2n) is 6.27. The fourth-order valence-corrected chi connectivity index (χ4v) is 3.58. The molecular formula is C20H30N2O5S. The van der Waals surface area contributed by atoms with Crippen LogP contribution >= 0.6 is 11.8 Å². The molecule has 0 aliphatic carbocycles. The molecule has 1 aromatic rings. The van der Waals surface area contributed by atoms with Crippen LogP contribution in [0.5, 0.6) is 0 Å². The molecule has 8 heteroatoms. The van der Waals surface area contributed by atoms with Crippen LogP contribution in [-0.2, 0) is 20.9 Å². The monoisotopic (exact) mass is 410 g/mol. The Bertz CT molecular complexity index is 617. The van der Waals surface area contributed by atoms with E-state index in [-0.39, 0.29) is 0 Å². The molecule has 2 rings (SSSR count). The van der Waals surface area contributed by atoms with Crippen LogP contribution in [0.1, 0.15) is 18.4 Å². The molecule has 0 amide bonds. The Morgan fingerprint density at radius 1 is 1.21 bits per heavy atom. The molecule has 0 spiro atoms. The molecule has 1 aromatic carbocycles. The van der Waals surface area contributed by atoms with Crippen molar-refractivity contribution in [2.24, 2.45) is 0 Å². The van der Waals surface area contributed by atoms with Crippen molar-refractivity contribution < 1.29 is 24.5 Å². The van der Waals surface area contributed by atoms with E-state index in [4.69, 9.17) is 14.9 Å². The summed E-state index contributed by atoms with van der Waals surface area (Å²) < 4.78 is 5.29. The SMILES string of the molecule is COCCN(Cc1ccccc1SC)C1CCNCC1.O=C(O)/C=C/C(=O)O. The minimum absolute atomic E-state index is 0.558. The van der Waals surface area contributed by atoms with Crippen molar-refractivity contribution in [3.8, 4) is 0 Å². The van der Waals surface area contributed by atoms with Crippen LogP contribution in [0.2, 0.25) is 0 Å². The van der Waals surface area contributed by atoms with Crippen LogP contribution < -0.4 is 5.32 Å². The zero-order valence-electron chi connectivity index (χ0n) is 16.5. The number of ether oxygens (including phenoxy) is 1. The molecule has 0 saturated carbocycles. The number of carbonyl (C=O) groups is 2. The van der Waals surface area contributed by atoms with Gasteiger partial charge in [0.25, 0.3) is 0 Å². The summed E-state index contributed by atoms with van der Waals surface area (Å²) in [6.45, 7) is 5.14. The van der Waals surface area contributed by atoms with Gasteiger partial charge in [-0.05, 0) is 43.8 Å². The Labute approximate surface area is 170 Å². The van der Waals surface area contributed by atoms with Crippen LogP contribution in [0.25, 0.3) is 0 Å². The molecular weight excluding hydrogens is 380 g/mol. The van der Waals surface area contributed by atoms with E-state index in [0.717, 1.165) is 32.8 Å². The van der Waals surface area contributed by atoms with Gasteiger partial charge in [0, 0.05) is 43.3 Å². The number of carboxylic acids is 2. The Hall–Kier alpha value is -1.87. The van der Waals surface area contributed by atoms with E-state index in [1.165, 1.54) is 23.3 Å². The van der Waals surface area contributed by atoms with E-state index < -0.39 is 11.9 Å². The minimum atomic E-state index is -1.26. The molecule has 1 fully saturated rings. The zero-order chi connectivity index (χ0) is 20.8. The quantitative estimate of drug-likeness (QED) is 0.421. The van der Waals surface area contributed by atoms with Gasteiger partial charge in [-0.2, -0.15) is 0 Å². The molecule has 1 heterocycles. The highest BCUT2D eigenvalue weighted by molar-refractivity contribution is 7.98. The van der Waals surface area contributed by atoms with Crippen LogP contribution in [0.3, 0.4) is 0 Å². The molecule has 0 bridgehead atoms. The molecule has 1 saturated heterocycles. The summed E-state index contributed by atoms with van der Waals surface area (Å²) in [6, 6.07) is 9.43. The fourth-order valence-electron chi connectivity index (χ4n) is 2.97. The highest BCUT2D eigenvalue weighted by Gasteiger charge is 2.21. The Morgan fingerprint density at radius 3 is 2.36 bits per heavy atom. The first-order chi connectivity index (χ1) is 13.5. The summed E-state index contributed by atoms with van der Waals surface area (Å²) in [6.07, 6.45) is 5.75. The minimum Gasteiger partial charge on any atom is -0.478 e. The van der Waals surface area contributed by atoms with Crippen LogP contribution in [0, 0.1) is 0 Å². The maximum absolute atomic E-state index is 9.55. The number of rotatable bonds is 9. The molecule has 0 unspecified atom stereocenters. The zero-order valence-corrected chi connectivity index (χ0v) is 17.3. The average molecular weight is 411 g/mol. The van der Waals surface area contributed by atoms with Crippen molar-refractivity contribution in [2.75, 3.05) is 39.6 Å². The van der Waals surface area contributed by atoms with Crippen molar-refractivity contribution in [1.82, 2.24) is 10.2 Å². The second kappa shape index (κ2) is 14.2. The topological polar surface area (TPSA) is 99.1 Å². The molecule has 1 aliphatic heterocycles. The number of nitrogens with one attached hydrogen (secondary N) is 1. The van der Waals surface area contributed by atoms with Gasteiger partial charge >= 0.3 is 11.9 Å². The molecule has 0 atom stereocenters. The molecule has 7 nitrogen and oxygen atoms in total. The number of aliphatic carboxylic acids is 2. The molecule has 3 N–H and O–H groups in total. The van der Waals surface area contributed by atoms with Crippen LogP contribution in [-0.4, -0.2) is 72.7 Å². The van der Waals surface area contributed by atoms with E-state index >= 15 is 0 Å². The summed E-state index contributed by atoms with van der Waals surface area (Å²) in [5, 5.41) is 19.1. The van der Waals surface area contributed by atoms with Gasteiger partial charge in [-0.3, -0.25) is 4.90 Å². The van der Waals surface area contributed by atoms with Crippen molar-refractivity contribution in [2.45, 2.75) is 30.3 Å². The average Bonchev–Trinajstić information content (AvgIpc) is 2.71. The smallest absolute Gasteiger partial charge is 0.328 e. The van der Waals surface area contributed by atoms with Gasteiger partial charge in [-0.25, -0.2) is 9.59 Å². The first kappa shape index (κ1) is 24.2. The summed E-state index contributed by atoms with van der Waals surface area (Å²) in [7, 11) is 1.79. The molecule has 156 valence electrons. The van der Waals surface area contributed by atoms with Gasteiger partial charge in [0.05, 0.1) is 6.61 Å². The predicted molar refractivity (Wildman–Crippen MR) is 111 cm³/mol. The predicted octanol–water partition coefficient (Wildman–Crippen LogP) is 2.32. The van der Waals surface area contributed by atoms with Gasteiger partial charge in [0.2, 0.25) is 0 Å². The van der Waals surface area contributed by atoms with Crippen molar-refractivity contribution >= 4 is 23.7 Å². The van der Waals surface area contributed by atoms with Crippen molar-refractivity contribution in [3.63, 3.8) is 0 Å². The molecule has 0 aromatic heterocycles. The Kier molecular flexibility index (Phi) is 12.2. The highest BCUT2D eigenvalue weighted by Crippen LogP contribution is 2.23. The van der Waals surface area contributed by atoms with Crippen molar-refractivity contribution in [3.05, 3.63) is 42.0 Å². The van der Waals surface area contributed by atoms with E-state index in [1.807, 2.05) is 11.8 Å². The van der Waals surface area contributed by atoms with E-state index in [0.29, 0.717) is 18.2 Å². The van der Waals surface area contributed by atoms with Crippen LogP contribution in [0.15, 0.2) is 41.3 Å².